The lowest BCUT2D eigenvalue weighted by molar-refractivity contribution is -0.0901. The van der Waals surface area contributed by atoms with E-state index in [9.17, 15) is 0 Å². The molecule has 2 aliphatic heterocycles. The molecule has 1 aliphatic carbocycles. The van der Waals surface area contributed by atoms with Gasteiger partial charge in [-0.3, -0.25) is 4.90 Å². The number of rotatable bonds is 1. The van der Waals surface area contributed by atoms with Crippen LogP contribution in [-0.2, 0) is 0 Å². The van der Waals surface area contributed by atoms with E-state index in [-0.39, 0.29) is 0 Å². The van der Waals surface area contributed by atoms with Crippen molar-refractivity contribution in [3.63, 3.8) is 0 Å². The van der Waals surface area contributed by atoms with E-state index in [4.69, 9.17) is 0 Å². The van der Waals surface area contributed by atoms with Gasteiger partial charge in [-0.25, -0.2) is 0 Å². The van der Waals surface area contributed by atoms with Crippen LogP contribution in [-0.4, -0.2) is 36.6 Å². The molecule has 2 unspecified atom stereocenters. The quantitative estimate of drug-likeness (QED) is 0.682. The Morgan fingerprint density at radius 3 is 2.64 bits per heavy atom. The first-order valence-electron chi connectivity index (χ1n) is 6.25. The Kier molecular flexibility index (Phi) is 2.10. The second-order valence-corrected chi connectivity index (χ2v) is 5.79. The van der Waals surface area contributed by atoms with Crippen LogP contribution in [0, 0.1) is 5.41 Å². The number of hydrogen-bond acceptors (Lipinski definition) is 2. The Balaban J connectivity index is 1.52. The van der Waals surface area contributed by atoms with Crippen molar-refractivity contribution in [1.82, 2.24) is 10.2 Å². The predicted molar refractivity (Wildman–Crippen MR) is 58.3 cm³/mol. The summed E-state index contributed by atoms with van der Waals surface area (Å²) in [5, 5.41) is 3.54. The summed E-state index contributed by atoms with van der Waals surface area (Å²) in [4.78, 5) is 2.75. The molecule has 0 bridgehead atoms. The monoisotopic (exact) mass is 194 g/mol. The van der Waals surface area contributed by atoms with Crippen LogP contribution < -0.4 is 5.32 Å². The highest BCUT2D eigenvalue weighted by molar-refractivity contribution is 5.03. The predicted octanol–water partition coefficient (Wildman–Crippen LogP) is 1.61. The van der Waals surface area contributed by atoms with Crippen LogP contribution >= 0.6 is 0 Å². The van der Waals surface area contributed by atoms with E-state index in [1.54, 1.807) is 0 Å². The van der Waals surface area contributed by atoms with Gasteiger partial charge in [-0.05, 0) is 44.6 Å². The lowest BCUT2D eigenvalue weighted by Gasteiger charge is -2.59. The van der Waals surface area contributed by atoms with Gasteiger partial charge in [0.2, 0.25) is 0 Å². The molecule has 2 saturated heterocycles. The molecule has 3 rings (SSSR count). The minimum absolute atomic E-state index is 0.742. The molecule has 3 aliphatic rings. The lowest BCUT2D eigenvalue weighted by atomic mass is 9.63. The molecule has 0 aromatic rings. The maximum atomic E-state index is 3.54. The van der Waals surface area contributed by atoms with E-state index in [2.05, 4.69) is 17.1 Å². The fraction of sp³-hybridized carbons (Fsp3) is 1.00. The minimum Gasteiger partial charge on any atom is -0.314 e. The van der Waals surface area contributed by atoms with Crippen molar-refractivity contribution in [3.8, 4) is 0 Å². The van der Waals surface area contributed by atoms with Gasteiger partial charge in [0.05, 0.1) is 0 Å². The first kappa shape index (κ1) is 9.17. The maximum Gasteiger partial charge on any atom is 0.0122 e. The summed E-state index contributed by atoms with van der Waals surface area (Å²) in [5.74, 6) is 0. The highest BCUT2D eigenvalue weighted by atomic mass is 15.2. The molecule has 1 saturated carbocycles. The highest BCUT2D eigenvalue weighted by Crippen LogP contribution is 2.49. The molecule has 3 fully saturated rings. The fourth-order valence-electron chi connectivity index (χ4n) is 3.50. The van der Waals surface area contributed by atoms with E-state index in [1.807, 2.05) is 0 Å². The summed E-state index contributed by atoms with van der Waals surface area (Å²) >= 11 is 0. The minimum atomic E-state index is 0.742. The molecule has 1 spiro atoms. The summed E-state index contributed by atoms with van der Waals surface area (Å²) in [6, 6.07) is 1.64. The summed E-state index contributed by atoms with van der Waals surface area (Å²) in [6.07, 6.45) is 7.28. The second kappa shape index (κ2) is 3.21. The van der Waals surface area contributed by atoms with Crippen molar-refractivity contribution in [2.45, 2.75) is 51.1 Å². The van der Waals surface area contributed by atoms with Crippen LogP contribution in [0.15, 0.2) is 0 Å². The Morgan fingerprint density at radius 2 is 2.07 bits per heavy atom. The van der Waals surface area contributed by atoms with Crippen LogP contribution in [0.25, 0.3) is 0 Å². The Hall–Kier alpha value is -0.0800. The molecule has 0 radical (unpaired) electrons. The van der Waals surface area contributed by atoms with E-state index in [0.717, 1.165) is 17.5 Å². The normalized spacial score (nSPS) is 41.8. The molecule has 2 heteroatoms. The highest BCUT2D eigenvalue weighted by Gasteiger charge is 2.49. The van der Waals surface area contributed by atoms with E-state index >= 15 is 0 Å². The Morgan fingerprint density at radius 1 is 1.29 bits per heavy atom. The fourth-order valence-corrected chi connectivity index (χ4v) is 3.50. The van der Waals surface area contributed by atoms with Crippen molar-refractivity contribution < 1.29 is 0 Å². The Bertz CT molecular complexity index is 214. The van der Waals surface area contributed by atoms with Gasteiger partial charge in [0.25, 0.3) is 0 Å². The first-order valence-corrected chi connectivity index (χ1v) is 6.25. The van der Waals surface area contributed by atoms with Gasteiger partial charge >= 0.3 is 0 Å². The molecule has 14 heavy (non-hydrogen) atoms. The molecule has 1 N–H and O–H groups in total. The largest absolute Gasteiger partial charge is 0.314 e. The molecule has 2 nitrogen and oxygen atoms in total. The van der Waals surface area contributed by atoms with Gasteiger partial charge in [0.1, 0.15) is 0 Å². The Labute approximate surface area is 87.0 Å². The SMILES string of the molecule is CC1CC(N2CC3(CCC3)C2)CCN1. The van der Waals surface area contributed by atoms with Crippen LogP contribution in [0.3, 0.4) is 0 Å². The topological polar surface area (TPSA) is 15.3 Å². The maximum absolute atomic E-state index is 3.54. The van der Waals surface area contributed by atoms with E-state index in [0.29, 0.717) is 0 Å². The van der Waals surface area contributed by atoms with Gasteiger partial charge in [-0.2, -0.15) is 0 Å². The van der Waals surface area contributed by atoms with Crippen molar-refractivity contribution in [3.05, 3.63) is 0 Å². The molecule has 0 aromatic heterocycles. The van der Waals surface area contributed by atoms with E-state index in [1.165, 1.54) is 51.7 Å². The summed E-state index contributed by atoms with van der Waals surface area (Å²) in [6.45, 7) is 6.40. The number of nitrogens with one attached hydrogen (secondary N) is 1. The van der Waals surface area contributed by atoms with E-state index < -0.39 is 0 Å². The number of nitrogens with zero attached hydrogens (tertiary/aromatic N) is 1. The van der Waals surface area contributed by atoms with Gasteiger partial charge in [-0.1, -0.05) is 6.42 Å². The number of likely N-dealkylation sites (tertiary alicyclic amines) is 1. The zero-order valence-corrected chi connectivity index (χ0v) is 9.26. The van der Waals surface area contributed by atoms with Crippen LogP contribution in [0.5, 0.6) is 0 Å². The average molecular weight is 194 g/mol. The van der Waals surface area contributed by atoms with Gasteiger partial charge in [0, 0.05) is 25.2 Å². The summed E-state index contributed by atoms with van der Waals surface area (Å²) in [5.41, 5.74) is 0.814. The molecule has 2 heterocycles. The van der Waals surface area contributed by atoms with Crippen LogP contribution in [0.1, 0.15) is 39.0 Å². The molecule has 0 aromatic carbocycles. The van der Waals surface area contributed by atoms with Gasteiger partial charge in [-0.15, -0.1) is 0 Å². The van der Waals surface area contributed by atoms with Crippen molar-refractivity contribution in [1.29, 1.82) is 0 Å². The zero-order chi connectivity index (χ0) is 9.60. The third kappa shape index (κ3) is 1.40. The van der Waals surface area contributed by atoms with Crippen LogP contribution in [0.2, 0.25) is 0 Å². The smallest absolute Gasteiger partial charge is 0.0122 e. The molecule has 0 amide bonds. The van der Waals surface area contributed by atoms with Gasteiger partial charge < -0.3 is 5.32 Å². The first-order chi connectivity index (χ1) is 6.77. The molecule has 2 atom stereocenters. The van der Waals surface area contributed by atoms with Crippen molar-refractivity contribution in [2.24, 2.45) is 5.41 Å². The second-order valence-electron chi connectivity index (χ2n) is 5.79. The molecule has 80 valence electrons. The van der Waals surface area contributed by atoms with Crippen molar-refractivity contribution >= 4 is 0 Å². The zero-order valence-electron chi connectivity index (χ0n) is 9.26. The van der Waals surface area contributed by atoms with Crippen LogP contribution in [0.4, 0.5) is 0 Å². The average Bonchev–Trinajstić information content (AvgIpc) is 1.98. The molecular formula is C12H22N2. The summed E-state index contributed by atoms with van der Waals surface area (Å²) in [7, 11) is 0. The number of piperidine rings is 1. The third-order valence-electron chi connectivity index (χ3n) is 4.60. The number of hydrogen-bond donors (Lipinski definition) is 1. The standard InChI is InChI=1S/C12H22N2/c1-10-7-11(3-6-13-10)14-8-12(9-14)4-2-5-12/h10-11,13H,2-9H2,1H3. The lowest BCUT2D eigenvalue weighted by Crippen LogP contribution is -2.64. The van der Waals surface area contributed by atoms with Gasteiger partial charge in [0.15, 0.2) is 0 Å². The molecular weight excluding hydrogens is 172 g/mol. The van der Waals surface area contributed by atoms with Crippen molar-refractivity contribution in [2.75, 3.05) is 19.6 Å². The third-order valence-corrected chi connectivity index (χ3v) is 4.60. The summed E-state index contributed by atoms with van der Waals surface area (Å²) < 4.78 is 0.